The first-order valence-electron chi connectivity index (χ1n) is 10.9. The monoisotopic (exact) mass is 450 g/mol. The maximum Gasteiger partial charge on any atom is 0.248 e. The van der Waals surface area contributed by atoms with E-state index in [-0.39, 0.29) is 11.9 Å². The molecular weight excluding hydrogens is 423 g/mol. The van der Waals surface area contributed by atoms with Crippen LogP contribution in [0.25, 0.3) is 0 Å². The van der Waals surface area contributed by atoms with Crippen molar-refractivity contribution in [3.8, 4) is 0 Å². The number of halogens is 1. The summed E-state index contributed by atoms with van der Waals surface area (Å²) in [6.45, 7) is 4.26. The topological polar surface area (TPSA) is 130 Å². The Balaban J connectivity index is 1.53. The molecule has 33 heavy (non-hydrogen) atoms. The fourth-order valence-corrected chi connectivity index (χ4v) is 3.54. The van der Waals surface area contributed by atoms with Crippen LogP contribution in [0, 0.1) is 12.7 Å². The summed E-state index contributed by atoms with van der Waals surface area (Å²) in [5.41, 5.74) is 8.42. The van der Waals surface area contributed by atoms with E-state index in [1.54, 1.807) is 24.3 Å². The van der Waals surface area contributed by atoms with Crippen molar-refractivity contribution in [3.63, 3.8) is 0 Å². The van der Waals surface area contributed by atoms with Crippen molar-refractivity contribution in [1.29, 1.82) is 0 Å². The molecule has 172 valence electrons. The molecule has 0 aliphatic carbocycles. The van der Waals surface area contributed by atoms with Gasteiger partial charge in [0.05, 0.1) is 0 Å². The van der Waals surface area contributed by atoms with Gasteiger partial charge in [-0.05, 0) is 61.7 Å². The first kappa shape index (κ1) is 22.4. The van der Waals surface area contributed by atoms with Gasteiger partial charge in [-0.2, -0.15) is 15.0 Å². The molecule has 10 heteroatoms. The van der Waals surface area contributed by atoms with E-state index in [1.165, 1.54) is 12.1 Å². The highest BCUT2D eigenvalue weighted by Gasteiger charge is 2.17. The maximum absolute atomic E-state index is 13.1. The average Bonchev–Trinajstić information content (AvgIpc) is 3.29. The van der Waals surface area contributed by atoms with Gasteiger partial charge in [-0.25, -0.2) is 4.39 Å². The van der Waals surface area contributed by atoms with Crippen molar-refractivity contribution in [2.24, 2.45) is 5.73 Å². The van der Waals surface area contributed by atoms with E-state index in [2.05, 4.69) is 36.2 Å². The second-order valence-electron chi connectivity index (χ2n) is 7.96. The van der Waals surface area contributed by atoms with Crippen molar-refractivity contribution in [2.45, 2.75) is 25.8 Å². The molecule has 6 N–H and O–H groups in total. The Kier molecular flexibility index (Phi) is 6.94. The molecule has 0 bridgehead atoms. The first-order valence-corrected chi connectivity index (χ1v) is 10.9. The zero-order valence-electron chi connectivity index (χ0n) is 18.4. The number of hydrogen-bond donors (Lipinski definition) is 5. The lowest BCUT2D eigenvalue weighted by Gasteiger charge is -2.15. The fourth-order valence-electron chi connectivity index (χ4n) is 3.54. The molecule has 0 radical (unpaired) electrons. The predicted molar refractivity (Wildman–Crippen MR) is 126 cm³/mol. The van der Waals surface area contributed by atoms with Crippen LogP contribution in [-0.4, -0.2) is 46.5 Å². The minimum absolute atomic E-state index is 0.229. The average molecular weight is 451 g/mol. The van der Waals surface area contributed by atoms with E-state index in [1.807, 2.05) is 13.0 Å². The van der Waals surface area contributed by atoms with E-state index in [0.717, 1.165) is 30.6 Å². The number of carbonyl (C=O) groups excluding carboxylic acids is 1. The molecule has 1 aliphatic heterocycles. The number of amides is 1. The lowest BCUT2D eigenvalue weighted by atomic mass is 10.1. The Morgan fingerprint density at radius 1 is 1.12 bits per heavy atom. The summed E-state index contributed by atoms with van der Waals surface area (Å²) in [5.74, 6) is 0.439. The van der Waals surface area contributed by atoms with Gasteiger partial charge in [-0.15, -0.1) is 0 Å². The van der Waals surface area contributed by atoms with Crippen LogP contribution in [0.2, 0.25) is 0 Å². The van der Waals surface area contributed by atoms with Crippen LogP contribution < -0.4 is 27.0 Å². The number of rotatable bonds is 9. The number of primary amides is 1. The summed E-state index contributed by atoms with van der Waals surface area (Å²) >= 11 is 0. The molecule has 2 aromatic carbocycles. The van der Waals surface area contributed by atoms with Crippen molar-refractivity contribution >= 4 is 29.4 Å². The van der Waals surface area contributed by atoms with Gasteiger partial charge in [-0.1, -0.05) is 18.2 Å². The highest BCUT2D eigenvalue weighted by Crippen LogP contribution is 2.22. The molecule has 0 unspecified atom stereocenters. The Hall–Kier alpha value is -3.79. The number of nitrogens with one attached hydrogen (secondary N) is 4. The lowest BCUT2D eigenvalue weighted by Crippen LogP contribution is -2.24. The Bertz CT molecular complexity index is 1120. The number of nitrogens with two attached hydrogens (primary N) is 1. The number of hydrogen-bond acceptors (Lipinski definition) is 8. The third kappa shape index (κ3) is 6.13. The molecule has 9 nitrogen and oxygen atoms in total. The summed E-state index contributed by atoms with van der Waals surface area (Å²) < 4.78 is 13.1. The largest absolute Gasteiger partial charge is 0.366 e. The van der Waals surface area contributed by atoms with Gasteiger partial charge in [0.1, 0.15) is 5.82 Å². The molecule has 1 aromatic heterocycles. The normalized spacial score (nSPS) is 15.3. The number of aryl methyl sites for hydroxylation is 1. The molecule has 1 aliphatic rings. The molecule has 1 fully saturated rings. The second-order valence-corrected chi connectivity index (χ2v) is 7.96. The van der Waals surface area contributed by atoms with Crippen molar-refractivity contribution in [3.05, 3.63) is 65.0 Å². The van der Waals surface area contributed by atoms with Crippen LogP contribution in [0.5, 0.6) is 0 Å². The van der Waals surface area contributed by atoms with Crippen LogP contribution in [0.15, 0.2) is 42.5 Å². The van der Waals surface area contributed by atoms with Gasteiger partial charge in [0.25, 0.3) is 0 Å². The summed E-state index contributed by atoms with van der Waals surface area (Å²) in [6.07, 6.45) is 1.66. The zero-order chi connectivity index (χ0) is 23.2. The van der Waals surface area contributed by atoms with Crippen molar-refractivity contribution in [1.82, 2.24) is 20.3 Å². The summed E-state index contributed by atoms with van der Waals surface area (Å²) in [5, 5.41) is 13.1. The Morgan fingerprint density at radius 2 is 1.88 bits per heavy atom. The number of benzene rings is 2. The molecule has 4 rings (SSSR count). The second kappa shape index (κ2) is 10.2. The highest BCUT2D eigenvalue weighted by atomic mass is 19.1. The molecule has 0 saturated carbocycles. The molecule has 1 amide bonds. The minimum atomic E-state index is -0.507. The summed E-state index contributed by atoms with van der Waals surface area (Å²) in [6, 6.07) is 11.8. The first-order chi connectivity index (χ1) is 16.0. The molecule has 1 saturated heterocycles. The third-order valence-electron chi connectivity index (χ3n) is 5.41. The van der Waals surface area contributed by atoms with Crippen LogP contribution >= 0.6 is 0 Å². The SMILES string of the molecule is Cc1ccc(C(N)=O)cc1Nc1nc(NCCc2ccc(F)cc2)nc(N[C@@H]2CCNC2)n1. The smallest absolute Gasteiger partial charge is 0.248 e. The van der Waals surface area contributed by atoms with Gasteiger partial charge in [0.2, 0.25) is 23.8 Å². The van der Waals surface area contributed by atoms with Crippen molar-refractivity contribution < 1.29 is 9.18 Å². The van der Waals surface area contributed by atoms with Gasteiger partial charge < -0.3 is 27.0 Å². The number of anilines is 4. The molecule has 0 spiro atoms. The molecule has 3 aromatic rings. The summed E-state index contributed by atoms with van der Waals surface area (Å²) in [4.78, 5) is 25.1. The van der Waals surface area contributed by atoms with E-state index < -0.39 is 5.91 Å². The Labute approximate surface area is 191 Å². The van der Waals surface area contributed by atoms with E-state index in [0.29, 0.717) is 42.1 Å². The number of nitrogens with zero attached hydrogens (tertiary/aromatic N) is 3. The minimum Gasteiger partial charge on any atom is -0.366 e. The van der Waals surface area contributed by atoms with Crippen LogP contribution in [0.3, 0.4) is 0 Å². The van der Waals surface area contributed by atoms with E-state index in [9.17, 15) is 9.18 Å². The maximum atomic E-state index is 13.1. The summed E-state index contributed by atoms with van der Waals surface area (Å²) in [7, 11) is 0. The van der Waals surface area contributed by atoms with Crippen LogP contribution in [0.4, 0.5) is 27.9 Å². The van der Waals surface area contributed by atoms with Crippen LogP contribution in [-0.2, 0) is 6.42 Å². The predicted octanol–water partition coefficient (Wildman–Crippen LogP) is 2.59. The molecular formula is C23H27FN8O. The standard InChI is InChI=1S/C23H27FN8O/c1-14-2-5-16(20(25)33)12-19(14)29-23-31-21(27-11-8-15-3-6-17(24)7-4-15)30-22(32-23)28-18-9-10-26-13-18/h2-7,12,18,26H,8-11,13H2,1H3,(H2,25,33)(H3,27,28,29,30,31,32)/t18-/m1/s1. The van der Waals surface area contributed by atoms with Gasteiger partial charge in [0, 0.05) is 30.4 Å². The molecule has 2 heterocycles. The Morgan fingerprint density at radius 3 is 2.61 bits per heavy atom. The number of aromatic nitrogens is 3. The molecule has 1 atom stereocenters. The zero-order valence-corrected chi connectivity index (χ0v) is 18.4. The van der Waals surface area contributed by atoms with Gasteiger partial charge >= 0.3 is 0 Å². The quantitative estimate of drug-likeness (QED) is 0.336. The highest BCUT2D eigenvalue weighted by molar-refractivity contribution is 5.94. The van der Waals surface area contributed by atoms with Crippen molar-refractivity contribution in [2.75, 3.05) is 35.6 Å². The van der Waals surface area contributed by atoms with E-state index in [4.69, 9.17) is 5.73 Å². The lowest BCUT2D eigenvalue weighted by molar-refractivity contribution is 0.100. The fraction of sp³-hybridized carbons (Fsp3) is 0.304. The number of carbonyl (C=O) groups is 1. The van der Waals surface area contributed by atoms with Crippen LogP contribution in [0.1, 0.15) is 27.9 Å². The van der Waals surface area contributed by atoms with Gasteiger partial charge in [-0.3, -0.25) is 4.79 Å². The van der Waals surface area contributed by atoms with E-state index >= 15 is 0 Å². The third-order valence-corrected chi connectivity index (χ3v) is 5.41. The van der Waals surface area contributed by atoms with Gasteiger partial charge in [0.15, 0.2) is 0 Å².